The van der Waals surface area contributed by atoms with Crippen LogP contribution < -0.4 is 19.7 Å². The minimum absolute atomic E-state index is 0.104. The average molecular weight is 391 g/mol. The smallest absolute Gasteiger partial charge is 0.226 e. The molecule has 0 saturated heterocycles. The molecule has 2 aromatic rings. The van der Waals surface area contributed by atoms with E-state index in [4.69, 9.17) is 21.1 Å². The second kappa shape index (κ2) is 9.28. The summed E-state index contributed by atoms with van der Waals surface area (Å²) < 4.78 is 10.6. The van der Waals surface area contributed by atoms with E-state index in [-0.39, 0.29) is 24.8 Å². The first-order valence-electron chi connectivity index (χ1n) is 8.42. The Morgan fingerprint density at radius 3 is 2.37 bits per heavy atom. The van der Waals surface area contributed by atoms with Gasteiger partial charge in [0.15, 0.2) is 0 Å². The Labute approximate surface area is 164 Å². The summed E-state index contributed by atoms with van der Waals surface area (Å²) in [7, 11) is 3.06. The molecule has 0 spiro atoms. The molecule has 0 radical (unpaired) electrons. The van der Waals surface area contributed by atoms with Gasteiger partial charge in [0.25, 0.3) is 0 Å². The molecule has 0 atom stereocenters. The molecular formula is C20H23ClN2O4. The van der Waals surface area contributed by atoms with Gasteiger partial charge in [-0.3, -0.25) is 9.59 Å². The number of carbonyl (C=O) groups is 2. The lowest BCUT2D eigenvalue weighted by atomic mass is 10.2. The number of amides is 2. The number of benzene rings is 2. The van der Waals surface area contributed by atoms with Gasteiger partial charge in [-0.05, 0) is 42.8 Å². The Bertz CT molecular complexity index is 839. The number of nitrogens with zero attached hydrogens (tertiary/aromatic N) is 1. The van der Waals surface area contributed by atoms with Crippen LogP contribution in [0.1, 0.15) is 18.9 Å². The minimum atomic E-state index is -0.230. The first kappa shape index (κ1) is 20.6. The first-order chi connectivity index (χ1) is 12.8. The van der Waals surface area contributed by atoms with Crippen LogP contribution in [-0.2, 0) is 9.59 Å². The van der Waals surface area contributed by atoms with Crippen molar-refractivity contribution in [1.82, 2.24) is 0 Å². The van der Waals surface area contributed by atoms with Crippen LogP contribution in [-0.4, -0.2) is 32.6 Å². The fourth-order valence-corrected chi connectivity index (χ4v) is 2.83. The van der Waals surface area contributed by atoms with Crippen molar-refractivity contribution < 1.29 is 19.1 Å². The van der Waals surface area contributed by atoms with Crippen LogP contribution in [0.2, 0.25) is 5.02 Å². The molecule has 0 unspecified atom stereocenters. The predicted molar refractivity (Wildman–Crippen MR) is 107 cm³/mol. The number of nitrogens with one attached hydrogen (secondary N) is 1. The lowest BCUT2D eigenvalue weighted by Gasteiger charge is -2.23. The summed E-state index contributed by atoms with van der Waals surface area (Å²) in [6.07, 6.45) is 0.104. The van der Waals surface area contributed by atoms with Crippen LogP contribution in [0.15, 0.2) is 36.4 Å². The maximum Gasteiger partial charge on any atom is 0.226 e. The van der Waals surface area contributed by atoms with E-state index in [2.05, 4.69) is 5.32 Å². The second-order valence-electron chi connectivity index (χ2n) is 5.99. The highest BCUT2D eigenvalue weighted by molar-refractivity contribution is 6.31. The van der Waals surface area contributed by atoms with Crippen molar-refractivity contribution >= 4 is 34.8 Å². The van der Waals surface area contributed by atoms with Crippen LogP contribution in [0.25, 0.3) is 0 Å². The molecule has 2 rings (SSSR count). The first-order valence-corrected chi connectivity index (χ1v) is 8.79. The quantitative estimate of drug-likeness (QED) is 0.774. The van der Waals surface area contributed by atoms with Crippen molar-refractivity contribution in [2.75, 3.05) is 31.0 Å². The lowest BCUT2D eigenvalue weighted by molar-refractivity contribution is -0.117. The highest BCUT2D eigenvalue weighted by atomic mass is 35.5. The standard InChI is InChI=1S/C20H23ClN2O4/c1-13-5-7-18(26-3)16(11-13)22-20(25)9-10-23(14(2)24)17-12-15(21)6-8-19(17)27-4/h5-8,11-12H,9-10H2,1-4H3,(H,22,25). The van der Waals surface area contributed by atoms with Crippen LogP contribution in [0, 0.1) is 6.92 Å². The molecule has 0 saturated carbocycles. The zero-order chi connectivity index (χ0) is 20.0. The Hall–Kier alpha value is -2.73. The third-order valence-corrected chi connectivity index (χ3v) is 4.24. The van der Waals surface area contributed by atoms with Crippen LogP contribution >= 0.6 is 11.6 Å². The second-order valence-corrected chi connectivity index (χ2v) is 6.43. The molecule has 0 heterocycles. The number of anilines is 2. The fraction of sp³-hybridized carbons (Fsp3) is 0.300. The van der Waals surface area contributed by atoms with Crippen molar-refractivity contribution in [3.8, 4) is 11.5 Å². The zero-order valence-electron chi connectivity index (χ0n) is 15.8. The van der Waals surface area contributed by atoms with Gasteiger partial charge >= 0.3 is 0 Å². The maximum absolute atomic E-state index is 12.4. The SMILES string of the molecule is COc1ccc(C)cc1NC(=O)CCN(C(C)=O)c1cc(Cl)ccc1OC. The van der Waals surface area contributed by atoms with Gasteiger partial charge in [0, 0.05) is 24.9 Å². The summed E-state index contributed by atoms with van der Waals surface area (Å²) in [5, 5.41) is 3.31. The van der Waals surface area contributed by atoms with Gasteiger partial charge in [-0.2, -0.15) is 0 Å². The number of halogens is 1. The van der Waals surface area contributed by atoms with E-state index < -0.39 is 0 Å². The molecule has 0 aliphatic heterocycles. The van der Waals surface area contributed by atoms with Gasteiger partial charge in [-0.1, -0.05) is 17.7 Å². The third kappa shape index (κ3) is 5.37. The molecule has 144 valence electrons. The number of aryl methyl sites for hydroxylation is 1. The molecule has 1 N–H and O–H groups in total. The fourth-order valence-electron chi connectivity index (χ4n) is 2.67. The molecule has 0 bridgehead atoms. The predicted octanol–water partition coefficient (Wildman–Crippen LogP) is 4.05. The summed E-state index contributed by atoms with van der Waals surface area (Å²) in [5.41, 5.74) is 2.12. The van der Waals surface area contributed by atoms with E-state index in [0.29, 0.717) is 27.9 Å². The van der Waals surface area contributed by atoms with Crippen molar-refractivity contribution in [3.05, 3.63) is 47.0 Å². The molecule has 0 fully saturated rings. The number of rotatable bonds is 7. The molecule has 0 aliphatic carbocycles. The number of methoxy groups -OCH3 is 2. The molecule has 27 heavy (non-hydrogen) atoms. The van der Waals surface area contributed by atoms with Crippen molar-refractivity contribution in [1.29, 1.82) is 0 Å². The van der Waals surface area contributed by atoms with Crippen LogP contribution in [0.3, 0.4) is 0 Å². The van der Waals surface area contributed by atoms with E-state index in [1.165, 1.54) is 18.9 Å². The lowest BCUT2D eigenvalue weighted by Crippen LogP contribution is -2.32. The maximum atomic E-state index is 12.4. The van der Waals surface area contributed by atoms with E-state index in [1.807, 2.05) is 19.1 Å². The highest BCUT2D eigenvalue weighted by Gasteiger charge is 2.18. The molecule has 0 aliphatic rings. The monoisotopic (exact) mass is 390 g/mol. The van der Waals surface area contributed by atoms with E-state index in [1.54, 1.807) is 31.4 Å². The van der Waals surface area contributed by atoms with Crippen LogP contribution in [0.4, 0.5) is 11.4 Å². The third-order valence-electron chi connectivity index (χ3n) is 4.00. The summed E-state index contributed by atoms with van der Waals surface area (Å²) in [5.74, 6) is 0.645. The molecule has 2 amide bonds. The summed E-state index contributed by atoms with van der Waals surface area (Å²) in [4.78, 5) is 26.0. The Kier molecular flexibility index (Phi) is 7.07. The van der Waals surface area contributed by atoms with Gasteiger partial charge in [-0.25, -0.2) is 0 Å². The number of hydrogen-bond acceptors (Lipinski definition) is 4. The van der Waals surface area contributed by atoms with Crippen LogP contribution in [0.5, 0.6) is 11.5 Å². The summed E-state index contributed by atoms with van der Waals surface area (Å²) in [6.45, 7) is 3.55. The van der Waals surface area contributed by atoms with E-state index >= 15 is 0 Å². The highest BCUT2D eigenvalue weighted by Crippen LogP contribution is 2.31. The van der Waals surface area contributed by atoms with Gasteiger partial charge in [-0.15, -0.1) is 0 Å². The summed E-state index contributed by atoms with van der Waals surface area (Å²) >= 11 is 6.05. The van der Waals surface area contributed by atoms with Crippen molar-refractivity contribution in [3.63, 3.8) is 0 Å². The van der Waals surface area contributed by atoms with Crippen molar-refractivity contribution in [2.45, 2.75) is 20.3 Å². The molecule has 6 nitrogen and oxygen atoms in total. The van der Waals surface area contributed by atoms with E-state index in [9.17, 15) is 9.59 Å². The van der Waals surface area contributed by atoms with E-state index in [0.717, 1.165) is 5.56 Å². The van der Waals surface area contributed by atoms with Crippen molar-refractivity contribution in [2.24, 2.45) is 0 Å². The van der Waals surface area contributed by atoms with Gasteiger partial charge in [0.1, 0.15) is 11.5 Å². The van der Waals surface area contributed by atoms with Gasteiger partial charge in [0.2, 0.25) is 11.8 Å². The number of hydrogen-bond donors (Lipinski definition) is 1. The largest absolute Gasteiger partial charge is 0.495 e. The molecule has 7 heteroatoms. The molecule has 0 aromatic heterocycles. The normalized spacial score (nSPS) is 10.3. The summed E-state index contributed by atoms with van der Waals surface area (Å²) in [6, 6.07) is 10.5. The number of ether oxygens (including phenoxy) is 2. The van der Waals surface area contributed by atoms with Gasteiger partial charge < -0.3 is 19.7 Å². The average Bonchev–Trinajstić information content (AvgIpc) is 2.62. The Balaban J connectivity index is 2.13. The van der Waals surface area contributed by atoms with Gasteiger partial charge in [0.05, 0.1) is 25.6 Å². The Morgan fingerprint density at radius 1 is 1.07 bits per heavy atom. The zero-order valence-corrected chi connectivity index (χ0v) is 16.6. The Morgan fingerprint density at radius 2 is 1.74 bits per heavy atom. The minimum Gasteiger partial charge on any atom is -0.495 e. The number of carbonyl (C=O) groups excluding carboxylic acids is 2. The topological polar surface area (TPSA) is 67.9 Å². The molecular weight excluding hydrogens is 368 g/mol. The molecule has 2 aromatic carbocycles.